The number of rotatable bonds is 8. The molecule has 0 bridgehead atoms. The molecule has 0 aliphatic carbocycles. The van der Waals surface area contributed by atoms with Crippen molar-refractivity contribution in [2.75, 3.05) is 32.0 Å². The number of sulfone groups is 1. The number of nitrogen functional groups attached to an aromatic ring is 1. The Hall–Kier alpha value is -1.44. The largest absolute Gasteiger partial charge is 0.395 e. The van der Waals surface area contributed by atoms with Crippen LogP contribution in [0, 0.1) is 5.41 Å². The van der Waals surface area contributed by atoms with Crippen LogP contribution in [-0.4, -0.2) is 56.3 Å². The van der Waals surface area contributed by atoms with Gasteiger partial charge >= 0.3 is 0 Å². The first-order valence-corrected chi connectivity index (χ1v) is 8.06. The molecule has 4 N–H and O–H groups in total. The van der Waals surface area contributed by atoms with E-state index in [1.807, 2.05) is 11.8 Å². The summed E-state index contributed by atoms with van der Waals surface area (Å²) in [6, 6.07) is 5.99. The zero-order valence-electron chi connectivity index (χ0n) is 11.5. The fraction of sp³-hybridized carbons (Fsp3) is 0.462. The van der Waals surface area contributed by atoms with Gasteiger partial charge in [-0.05, 0) is 18.7 Å². The number of nitrogens with one attached hydrogen (secondary N) is 1. The molecule has 0 unspecified atom stereocenters. The van der Waals surface area contributed by atoms with Crippen LogP contribution in [0.1, 0.15) is 12.5 Å². The Morgan fingerprint density at radius 1 is 1.30 bits per heavy atom. The molecule has 1 aromatic rings. The summed E-state index contributed by atoms with van der Waals surface area (Å²) < 4.78 is 24.3. The highest BCUT2D eigenvalue weighted by Gasteiger charge is 2.16. The van der Waals surface area contributed by atoms with Crippen molar-refractivity contribution >= 4 is 15.7 Å². The summed E-state index contributed by atoms with van der Waals surface area (Å²) in [6.45, 7) is 3.48. The van der Waals surface area contributed by atoms with Crippen molar-refractivity contribution in [1.29, 1.82) is 5.41 Å². The van der Waals surface area contributed by atoms with Gasteiger partial charge in [-0.1, -0.05) is 19.1 Å². The predicted octanol–water partition coefficient (Wildman–Crippen LogP) is 0.0586. The van der Waals surface area contributed by atoms with Crippen LogP contribution in [0.2, 0.25) is 0 Å². The topological polar surface area (TPSA) is 107 Å². The first-order chi connectivity index (χ1) is 9.40. The highest BCUT2D eigenvalue weighted by Crippen LogP contribution is 2.12. The van der Waals surface area contributed by atoms with E-state index < -0.39 is 9.84 Å². The molecule has 6 nitrogen and oxygen atoms in total. The molecule has 1 rings (SSSR count). The van der Waals surface area contributed by atoms with Gasteiger partial charge < -0.3 is 15.7 Å². The van der Waals surface area contributed by atoms with Gasteiger partial charge in [0.25, 0.3) is 0 Å². The maximum absolute atomic E-state index is 12.2. The Morgan fingerprint density at radius 2 is 1.90 bits per heavy atom. The van der Waals surface area contributed by atoms with Crippen molar-refractivity contribution in [3.05, 3.63) is 29.8 Å². The number of nitrogens with zero attached hydrogens (tertiary/aromatic N) is 1. The fourth-order valence-electron chi connectivity index (χ4n) is 1.78. The minimum Gasteiger partial charge on any atom is -0.395 e. The molecule has 0 spiro atoms. The molecular formula is C13H21N3O3S. The molecule has 0 aliphatic heterocycles. The zero-order chi connectivity index (χ0) is 15.2. The second kappa shape index (κ2) is 7.37. The lowest BCUT2D eigenvalue weighted by Crippen LogP contribution is -2.31. The fourth-order valence-corrected chi connectivity index (χ4v) is 3.06. The van der Waals surface area contributed by atoms with E-state index in [1.54, 1.807) is 0 Å². The van der Waals surface area contributed by atoms with Crippen LogP contribution < -0.4 is 5.73 Å². The van der Waals surface area contributed by atoms with Crippen molar-refractivity contribution in [2.45, 2.75) is 11.8 Å². The molecule has 7 heteroatoms. The number of aliphatic hydroxyl groups is 1. The SMILES string of the molecule is CCN(CCO)CCS(=O)(=O)c1ccc(C(=N)N)cc1. The third-order valence-corrected chi connectivity index (χ3v) is 4.77. The van der Waals surface area contributed by atoms with Gasteiger partial charge in [0.2, 0.25) is 0 Å². The molecule has 0 atom stereocenters. The number of nitrogens with two attached hydrogens (primary N) is 1. The minimum absolute atomic E-state index is 0.000256. The van der Waals surface area contributed by atoms with Gasteiger partial charge in [-0.3, -0.25) is 5.41 Å². The quantitative estimate of drug-likeness (QED) is 0.465. The zero-order valence-corrected chi connectivity index (χ0v) is 12.4. The van der Waals surface area contributed by atoms with Gasteiger partial charge in [0.1, 0.15) is 5.84 Å². The van der Waals surface area contributed by atoms with E-state index in [0.29, 0.717) is 25.2 Å². The van der Waals surface area contributed by atoms with E-state index in [9.17, 15) is 8.42 Å². The molecule has 0 aliphatic rings. The van der Waals surface area contributed by atoms with Crippen molar-refractivity contribution in [2.24, 2.45) is 5.73 Å². The molecular weight excluding hydrogens is 278 g/mol. The summed E-state index contributed by atoms with van der Waals surface area (Å²) in [5.74, 6) is -0.0886. The van der Waals surface area contributed by atoms with Crippen LogP contribution in [-0.2, 0) is 9.84 Å². The monoisotopic (exact) mass is 299 g/mol. The lowest BCUT2D eigenvalue weighted by Gasteiger charge is -2.18. The van der Waals surface area contributed by atoms with Gasteiger partial charge in [0.05, 0.1) is 17.3 Å². The molecule has 0 amide bonds. The van der Waals surface area contributed by atoms with Crippen LogP contribution >= 0.6 is 0 Å². The van der Waals surface area contributed by atoms with E-state index in [-0.39, 0.29) is 23.1 Å². The Balaban J connectivity index is 2.75. The Morgan fingerprint density at radius 3 is 2.35 bits per heavy atom. The highest BCUT2D eigenvalue weighted by molar-refractivity contribution is 7.91. The van der Waals surface area contributed by atoms with E-state index in [4.69, 9.17) is 16.2 Å². The number of hydrogen-bond acceptors (Lipinski definition) is 5. The van der Waals surface area contributed by atoms with Gasteiger partial charge in [-0.15, -0.1) is 0 Å². The van der Waals surface area contributed by atoms with Crippen molar-refractivity contribution in [3.8, 4) is 0 Å². The number of hydrogen-bond donors (Lipinski definition) is 3. The lowest BCUT2D eigenvalue weighted by molar-refractivity contribution is 0.209. The number of amidine groups is 1. The second-order valence-electron chi connectivity index (χ2n) is 4.41. The average molecular weight is 299 g/mol. The maximum atomic E-state index is 12.2. The van der Waals surface area contributed by atoms with E-state index in [2.05, 4.69) is 0 Å². The maximum Gasteiger partial charge on any atom is 0.179 e. The molecule has 0 saturated carbocycles. The molecule has 0 aromatic heterocycles. The smallest absolute Gasteiger partial charge is 0.179 e. The summed E-state index contributed by atoms with van der Waals surface area (Å²) >= 11 is 0. The molecule has 0 saturated heterocycles. The second-order valence-corrected chi connectivity index (χ2v) is 6.52. The van der Waals surface area contributed by atoms with Gasteiger partial charge in [0.15, 0.2) is 9.84 Å². The third kappa shape index (κ3) is 4.59. The van der Waals surface area contributed by atoms with E-state index in [0.717, 1.165) is 0 Å². The summed E-state index contributed by atoms with van der Waals surface area (Å²) in [7, 11) is -3.36. The van der Waals surface area contributed by atoms with Crippen LogP contribution in [0.25, 0.3) is 0 Å². The molecule has 1 aromatic carbocycles. The van der Waals surface area contributed by atoms with Gasteiger partial charge in [0, 0.05) is 18.7 Å². The van der Waals surface area contributed by atoms with Crippen LogP contribution in [0.5, 0.6) is 0 Å². The van der Waals surface area contributed by atoms with Crippen LogP contribution in [0.3, 0.4) is 0 Å². The number of benzene rings is 1. The van der Waals surface area contributed by atoms with Crippen molar-refractivity contribution in [3.63, 3.8) is 0 Å². The molecule has 112 valence electrons. The Bertz CT molecular complexity index is 540. The van der Waals surface area contributed by atoms with E-state index in [1.165, 1.54) is 24.3 Å². The van der Waals surface area contributed by atoms with Gasteiger partial charge in [-0.2, -0.15) is 0 Å². The molecule has 0 heterocycles. The van der Waals surface area contributed by atoms with E-state index >= 15 is 0 Å². The lowest BCUT2D eigenvalue weighted by atomic mass is 10.2. The number of aliphatic hydroxyl groups excluding tert-OH is 1. The van der Waals surface area contributed by atoms with Gasteiger partial charge in [-0.25, -0.2) is 8.42 Å². The minimum atomic E-state index is -3.36. The average Bonchev–Trinajstić information content (AvgIpc) is 2.43. The number of likely N-dealkylation sites (N-methyl/N-ethyl adjacent to an activating group) is 1. The first kappa shape index (κ1) is 16.6. The molecule has 0 radical (unpaired) electrons. The standard InChI is InChI=1S/C13H21N3O3S/c1-2-16(7-9-17)8-10-20(18,19)12-5-3-11(4-6-12)13(14)15/h3-6,17H,2,7-10H2,1H3,(H3,14,15). The third-order valence-electron chi connectivity index (χ3n) is 3.06. The molecule has 20 heavy (non-hydrogen) atoms. The summed E-state index contributed by atoms with van der Waals surface area (Å²) in [4.78, 5) is 2.10. The van der Waals surface area contributed by atoms with Crippen LogP contribution in [0.4, 0.5) is 0 Å². The summed E-state index contributed by atoms with van der Waals surface area (Å²) in [6.07, 6.45) is 0. The first-order valence-electron chi connectivity index (χ1n) is 6.41. The normalized spacial score (nSPS) is 11.8. The van der Waals surface area contributed by atoms with Crippen molar-refractivity contribution in [1.82, 2.24) is 4.90 Å². The predicted molar refractivity (Wildman–Crippen MR) is 78.7 cm³/mol. The molecule has 0 fully saturated rings. The summed E-state index contributed by atoms with van der Waals surface area (Å²) in [5, 5.41) is 16.1. The Kier molecular flexibility index (Phi) is 6.12. The van der Waals surface area contributed by atoms with Crippen LogP contribution in [0.15, 0.2) is 29.2 Å². The Labute approximate surface area is 119 Å². The summed E-state index contributed by atoms with van der Waals surface area (Å²) in [5.41, 5.74) is 5.83. The van der Waals surface area contributed by atoms with Crippen molar-refractivity contribution < 1.29 is 13.5 Å². The highest BCUT2D eigenvalue weighted by atomic mass is 32.2.